The van der Waals surface area contributed by atoms with Crippen LogP contribution in [0.1, 0.15) is 24.0 Å². The highest BCUT2D eigenvalue weighted by Gasteiger charge is 2.04. The van der Waals surface area contributed by atoms with Gasteiger partial charge in [0.2, 0.25) is 0 Å². The molecule has 1 aromatic heterocycles. The SMILES string of the molecule is CCc1oc(/C=C/c2ccccc2)cc1Cl. The van der Waals surface area contributed by atoms with Crippen molar-refractivity contribution in [3.05, 3.63) is 58.5 Å². The van der Waals surface area contributed by atoms with Crippen molar-refractivity contribution in [2.24, 2.45) is 0 Å². The maximum absolute atomic E-state index is 6.00. The zero-order valence-electron chi connectivity index (χ0n) is 9.11. The molecule has 16 heavy (non-hydrogen) atoms. The van der Waals surface area contributed by atoms with Crippen molar-refractivity contribution in [3.8, 4) is 0 Å². The van der Waals surface area contributed by atoms with Gasteiger partial charge in [-0.2, -0.15) is 0 Å². The van der Waals surface area contributed by atoms with E-state index in [9.17, 15) is 0 Å². The standard InChI is InChI=1S/C14H13ClO/c1-2-14-13(15)10-12(16-14)9-8-11-6-4-3-5-7-11/h3-10H,2H2,1H3/b9-8+. The van der Waals surface area contributed by atoms with Crippen LogP contribution in [0, 0.1) is 0 Å². The maximum atomic E-state index is 6.00. The number of aryl methyl sites for hydroxylation is 1. The Morgan fingerprint density at radius 3 is 2.56 bits per heavy atom. The number of hydrogen-bond donors (Lipinski definition) is 0. The van der Waals surface area contributed by atoms with E-state index in [2.05, 4.69) is 0 Å². The Hall–Kier alpha value is -1.47. The van der Waals surface area contributed by atoms with Crippen molar-refractivity contribution in [2.45, 2.75) is 13.3 Å². The van der Waals surface area contributed by atoms with Gasteiger partial charge < -0.3 is 4.42 Å². The largest absolute Gasteiger partial charge is 0.460 e. The summed E-state index contributed by atoms with van der Waals surface area (Å²) in [6, 6.07) is 11.9. The van der Waals surface area contributed by atoms with Crippen LogP contribution in [-0.2, 0) is 6.42 Å². The molecule has 2 aromatic rings. The quantitative estimate of drug-likeness (QED) is 0.750. The summed E-state index contributed by atoms with van der Waals surface area (Å²) in [6.45, 7) is 2.02. The molecule has 0 aliphatic heterocycles. The molecule has 0 amide bonds. The van der Waals surface area contributed by atoms with Crippen molar-refractivity contribution in [3.63, 3.8) is 0 Å². The van der Waals surface area contributed by atoms with E-state index in [1.807, 2.05) is 55.5 Å². The number of benzene rings is 1. The van der Waals surface area contributed by atoms with Gasteiger partial charge in [0.15, 0.2) is 0 Å². The first-order chi connectivity index (χ1) is 7.79. The lowest BCUT2D eigenvalue weighted by atomic mass is 10.2. The monoisotopic (exact) mass is 232 g/mol. The van der Waals surface area contributed by atoms with E-state index in [0.717, 1.165) is 23.5 Å². The van der Waals surface area contributed by atoms with Crippen LogP contribution in [0.25, 0.3) is 12.2 Å². The summed E-state index contributed by atoms with van der Waals surface area (Å²) in [4.78, 5) is 0. The smallest absolute Gasteiger partial charge is 0.128 e. The summed E-state index contributed by atoms with van der Waals surface area (Å²) in [5, 5.41) is 0.704. The molecule has 1 nitrogen and oxygen atoms in total. The van der Waals surface area contributed by atoms with Crippen LogP contribution >= 0.6 is 11.6 Å². The first-order valence-corrected chi connectivity index (χ1v) is 5.68. The van der Waals surface area contributed by atoms with Gasteiger partial charge in [-0.3, -0.25) is 0 Å². The molecular formula is C14H13ClO. The summed E-state index contributed by atoms with van der Waals surface area (Å²) in [6.07, 6.45) is 4.76. The Morgan fingerprint density at radius 1 is 1.19 bits per heavy atom. The molecule has 0 radical (unpaired) electrons. The van der Waals surface area contributed by atoms with E-state index in [4.69, 9.17) is 16.0 Å². The first-order valence-electron chi connectivity index (χ1n) is 5.31. The number of rotatable bonds is 3. The predicted molar refractivity (Wildman–Crippen MR) is 68.5 cm³/mol. The molecule has 0 unspecified atom stereocenters. The van der Waals surface area contributed by atoms with Crippen molar-refractivity contribution < 1.29 is 4.42 Å². The highest BCUT2D eigenvalue weighted by atomic mass is 35.5. The number of hydrogen-bond acceptors (Lipinski definition) is 1. The molecule has 1 aromatic carbocycles. The molecule has 0 saturated heterocycles. The fourth-order valence-electron chi connectivity index (χ4n) is 1.49. The van der Waals surface area contributed by atoms with Crippen LogP contribution in [-0.4, -0.2) is 0 Å². The van der Waals surface area contributed by atoms with Crippen LogP contribution in [0.15, 0.2) is 40.8 Å². The molecule has 0 N–H and O–H groups in total. The molecule has 0 saturated carbocycles. The molecule has 0 atom stereocenters. The van der Waals surface area contributed by atoms with Gasteiger partial charge in [0.1, 0.15) is 11.5 Å². The third-order valence-corrected chi connectivity index (χ3v) is 2.66. The second kappa shape index (κ2) is 5.04. The molecule has 2 rings (SSSR count). The fraction of sp³-hybridized carbons (Fsp3) is 0.143. The lowest BCUT2D eigenvalue weighted by molar-refractivity contribution is 0.508. The molecule has 0 aliphatic carbocycles. The van der Waals surface area contributed by atoms with E-state index < -0.39 is 0 Å². The van der Waals surface area contributed by atoms with Gasteiger partial charge in [0, 0.05) is 12.5 Å². The Balaban J connectivity index is 2.18. The highest BCUT2D eigenvalue weighted by Crippen LogP contribution is 2.22. The van der Waals surface area contributed by atoms with Crippen LogP contribution < -0.4 is 0 Å². The van der Waals surface area contributed by atoms with Crippen molar-refractivity contribution >= 4 is 23.8 Å². The summed E-state index contributed by atoms with van der Waals surface area (Å²) in [5.74, 6) is 1.64. The zero-order chi connectivity index (χ0) is 11.4. The molecule has 0 spiro atoms. The third-order valence-electron chi connectivity index (χ3n) is 2.34. The topological polar surface area (TPSA) is 13.1 Å². The van der Waals surface area contributed by atoms with Gasteiger partial charge in [-0.1, -0.05) is 54.9 Å². The number of furan rings is 1. The molecule has 2 heteroatoms. The second-order valence-corrected chi connectivity index (χ2v) is 3.92. The Labute approximate surface area is 100 Å². The fourth-order valence-corrected chi connectivity index (χ4v) is 1.77. The van der Waals surface area contributed by atoms with Crippen molar-refractivity contribution in [2.75, 3.05) is 0 Å². The first kappa shape index (κ1) is 11.0. The van der Waals surface area contributed by atoms with Crippen LogP contribution in [0.4, 0.5) is 0 Å². The van der Waals surface area contributed by atoms with Crippen molar-refractivity contribution in [1.82, 2.24) is 0 Å². The Bertz CT molecular complexity index is 483. The van der Waals surface area contributed by atoms with Gasteiger partial charge in [-0.05, 0) is 11.6 Å². The minimum atomic E-state index is 0.704. The van der Waals surface area contributed by atoms with Crippen LogP contribution in [0.2, 0.25) is 5.02 Å². The van der Waals surface area contributed by atoms with Gasteiger partial charge in [-0.15, -0.1) is 0 Å². The van der Waals surface area contributed by atoms with Crippen LogP contribution in [0.5, 0.6) is 0 Å². The molecular weight excluding hydrogens is 220 g/mol. The summed E-state index contributed by atoms with van der Waals surface area (Å²) in [7, 11) is 0. The molecule has 0 fully saturated rings. The molecule has 0 bridgehead atoms. The van der Waals surface area contributed by atoms with Gasteiger partial charge in [-0.25, -0.2) is 0 Å². The van der Waals surface area contributed by atoms with E-state index in [-0.39, 0.29) is 0 Å². The Morgan fingerprint density at radius 2 is 1.94 bits per heavy atom. The van der Waals surface area contributed by atoms with Crippen LogP contribution in [0.3, 0.4) is 0 Å². The summed E-state index contributed by atoms with van der Waals surface area (Å²) >= 11 is 6.00. The van der Waals surface area contributed by atoms with Crippen molar-refractivity contribution in [1.29, 1.82) is 0 Å². The second-order valence-electron chi connectivity index (χ2n) is 3.52. The average molecular weight is 233 g/mol. The van der Waals surface area contributed by atoms with Gasteiger partial charge >= 0.3 is 0 Å². The minimum Gasteiger partial charge on any atom is -0.460 e. The highest BCUT2D eigenvalue weighted by molar-refractivity contribution is 6.31. The van der Waals surface area contributed by atoms with E-state index in [0.29, 0.717) is 5.02 Å². The van der Waals surface area contributed by atoms with E-state index >= 15 is 0 Å². The molecule has 0 aliphatic rings. The third kappa shape index (κ3) is 2.56. The lowest BCUT2D eigenvalue weighted by Crippen LogP contribution is -1.71. The van der Waals surface area contributed by atoms with Gasteiger partial charge in [0.25, 0.3) is 0 Å². The number of halogens is 1. The maximum Gasteiger partial charge on any atom is 0.128 e. The van der Waals surface area contributed by atoms with E-state index in [1.54, 1.807) is 0 Å². The van der Waals surface area contributed by atoms with Gasteiger partial charge in [0.05, 0.1) is 5.02 Å². The minimum absolute atomic E-state index is 0.704. The predicted octanol–water partition coefficient (Wildman–Crippen LogP) is 4.67. The normalized spacial score (nSPS) is 11.1. The summed E-state index contributed by atoms with van der Waals surface area (Å²) in [5.41, 5.74) is 1.15. The lowest BCUT2D eigenvalue weighted by Gasteiger charge is -1.90. The summed E-state index contributed by atoms with van der Waals surface area (Å²) < 4.78 is 5.57. The van der Waals surface area contributed by atoms with E-state index in [1.165, 1.54) is 0 Å². The Kier molecular flexibility index (Phi) is 3.47. The average Bonchev–Trinajstić information content (AvgIpc) is 2.69. The zero-order valence-corrected chi connectivity index (χ0v) is 9.87. The molecule has 82 valence electrons. The molecule has 1 heterocycles.